The molecular weight excluding hydrogens is 212 g/mol. The number of aromatic hydroxyl groups is 1. The number of likely N-dealkylation sites (tertiary alicyclic amines) is 1. The van der Waals surface area contributed by atoms with Crippen LogP contribution in [0.4, 0.5) is 0 Å². The predicted molar refractivity (Wildman–Crippen MR) is 70.1 cm³/mol. The van der Waals surface area contributed by atoms with E-state index in [1.54, 1.807) is 12.1 Å². The third kappa shape index (κ3) is 4.36. The molecule has 2 rings (SSSR count). The van der Waals surface area contributed by atoms with Gasteiger partial charge in [-0.2, -0.15) is 0 Å². The van der Waals surface area contributed by atoms with E-state index in [0.29, 0.717) is 5.75 Å². The van der Waals surface area contributed by atoms with Gasteiger partial charge in [0.2, 0.25) is 0 Å². The first-order chi connectivity index (χ1) is 8.34. The fraction of sp³-hybridized carbons (Fsp3) is 0.571. The van der Waals surface area contributed by atoms with E-state index in [4.69, 9.17) is 5.11 Å². The van der Waals surface area contributed by atoms with Crippen molar-refractivity contribution in [1.82, 2.24) is 10.2 Å². The Morgan fingerprint density at radius 2 is 1.82 bits per heavy atom. The van der Waals surface area contributed by atoms with Crippen LogP contribution in [0.5, 0.6) is 5.75 Å². The summed E-state index contributed by atoms with van der Waals surface area (Å²) in [5.74, 6) is 0.336. The summed E-state index contributed by atoms with van der Waals surface area (Å²) in [6.07, 6.45) is 3.97. The highest BCUT2D eigenvalue weighted by Crippen LogP contribution is 2.09. The average Bonchev–Trinajstić information content (AvgIpc) is 2.84. The van der Waals surface area contributed by atoms with Gasteiger partial charge >= 0.3 is 0 Å². The summed E-state index contributed by atoms with van der Waals surface area (Å²) in [5.41, 5.74) is 1.23. The number of nitrogens with one attached hydrogen (secondary N) is 1. The lowest BCUT2D eigenvalue weighted by Crippen LogP contribution is -2.24. The van der Waals surface area contributed by atoms with Crippen molar-refractivity contribution in [2.24, 2.45) is 0 Å². The van der Waals surface area contributed by atoms with Gasteiger partial charge in [-0.05, 0) is 63.1 Å². The van der Waals surface area contributed by atoms with Crippen LogP contribution in [0, 0.1) is 0 Å². The summed E-state index contributed by atoms with van der Waals surface area (Å²) in [7, 11) is 0. The average molecular weight is 234 g/mol. The zero-order valence-corrected chi connectivity index (χ0v) is 10.4. The summed E-state index contributed by atoms with van der Waals surface area (Å²) in [5, 5.41) is 12.6. The second-order valence-electron chi connectivity index (χ2n) is 4.75. The highest BCUT2D eigenvalue weighted by Gasteiger charge is 2.09. The van der Waals surface area contributed by atoms with E-state index in [0.717, 1.165) is 13.1 Å². The van der Waals surface area contributed by atoms with Gasteiger partial charge in [0.25, 0.3) is 0 Å². The van der Waals surface area contributed by atoms with E-state index >= 15 is 0 Å². The lowest BCUT2D eigenvalue weighted by Gasteiger charge is -2.14. The first kappa shape index (κ1) is 12.4. The molecule has 1 fully saturated rings. The van der Waals surface area contributed by atoms with Crippen molar-refractivity contribution in [2.75, 3.05) is 26.2 Å². The Kier molecular flexibility index (Phi) is 4.83. The Hall–Kier alpha value is -1.06. The number of hydrogen-bond donors (Lipinski definition) is 2. The maximum atomic E-state index is 9.16. The molecule has 0 atom stereocenters. The normalized spacial score (nSPS) is 16.5. The topological polar surface area (TPSA) is 35.5 Å². The number of benzene rings is 1. The smallest absolute Gasteiger partial charge is 0.115 e. The third-order valence-electron chi connectivity index (χ3n) is 3.29. The van der Waals surface area contributed by atoms with Crippen LogP contribution < -0.4 is 5.32 Å². The highest BCUT2D eigenvalue weighted by molar-refractivity contribution is 5.25. The Labute approximate surface area is 103 Å². The zero-order chi connectivity index (χ0) is 11.9. The fourth-order valence-electron chi connectivity index (χ4n) is 2.28. The van der Waals surface area contributed by atoms with Crippen LogP contribution >= 0.6 is 0 Å². The molecule has 0 aromatic heterocycles. The van der Waals surface area contributed by atoms with Gasteiger partial charge in [0.1, 0.15) is 5.75 Å². The number of nitrogens with zero attached hydrogens (tertiary/aromatic N) is 1. The van der Waals surface area contributed by atoms with E-state index in [-0.39, 0.29) is 0 Å². The predicted octanol–water partition coefficient (Wildman–Crippen LogP) is 1.97. The monoisotopic (exact) mass is 234 g/mol. The van der Waals surface area contributed by atoms with Gasteiger partial charge in [0.15, 0.2) is 0 Å². The SMILES string of the molecule is Oc1ccc(CNCCCN2CCCC2)cc1. The summed E-state index contributed by atoms with van der Waals surface area (Å²) >= 11 is 0. The first-order valence-corrected chi connectivity index (χ1v) is 6.55. The molecule has 1 heterocycles. The number of phenolic OH excluding ortho intramolecular Hbond substituents is 1. The second kappa shape index (κ2) is 6.62. The molecule has 0 aliphatic carbocycles. The number of phenols is 1. The summed E-state index contributed by atoms with van der Waals surface area (Å²) in [6, 6.07) is 7.40. The Morgan fingerprint density at radius 1 is 1.12 bits per heavy atom. The largest absolute Gasteiger partial charge is 0.508 e. The molecule has 1 aromatic rings. The van der Waals surface area contributed by atoms with Gasteiger partial charge < -0.3 is 15.3 Å². The maximum absolute atomic E-state index is 9.16. The molecule has 2 N–H and O–H groups in total. The molecule has 17 heavy (non-hydrogen) atoms. The minimum Gasteiger partial charge on any atom is -0.508 e. The lowest BCUT2D eigenvalue weighted by atomic mass is 10.2. The van der Waals surface area contributed by atoms with Crippen LogP contribution in [0.25, 0.3) is 0 Å². The van der Waals surface area contributed by atoms with Gasteiger partial charge in [-0.1, -0.05) is 12.1 Å². The minimum absolute atomic E-state index is 0.336. The molecule has 3 nitrogen and oxygen atoms in total. The van der Waals surface area contributed by atoms with Gasteiger partial charge in [0.05, 0.1) is 0 Å². The molecule has 0 amide bonds. The quantitative estimate of drug-likeness (QED) is 0.739. The van der Waals surface area contributed by atoms with E-state index in [1.807, 2.05) is 12.1 Å². The van der Waals surface area contributed by atoms with Crippen molar-refractivity contribution in [2.45, 2.75) is 25.8 Å². The Balaban J connectivity index is 1.55. The summed E-state index contributed by atoms with van der Waals surface area (Å²) < 4.78 is 0. The van der Waals surface area contributed by atoms with E-state index < -0.39 is 0 Å². The van der Waals surface area contributed by atoms with Crippen LogP contribution in [0.1, 0.15) is 24.8 Å². The number of hydrogen-bond acceptors (Lipinski definition) is 3. The van der Waals surface area contributed by atoms with Crippen molar-refractivity contribution in [3.8, 4) is 5.75 Å². The summed E-state index contributed by atoms with van der Waals surface area (Å²) in [6.45, 7) is 5.76. The molecular formula is C14H22N2O. The van der Waals surface area contributed by atoms with Crippen LogP contribution in [-0.2, 0) is 6.54 Å². The minimum atomic E-state index is 0.336. The van der Waals surface area contributed by atoms with Gasteiger partial charge in [-0.3, -0.25) is 0 Å². The van der Waals surface area contributed by atoms with E-state index in [2.05, 4.69) is 10.2 Å². The molecule has 0 spiro atoms. The molecule has 0 bridgehead atoms. The molecule has 94 valence electrons. The maximum Gasteiger partial charge on any atom is 0.115 e. The fourth-order valence-corrected chi connectivity index (χ4v) is 2.28. The highest BCUT2D eigenvalue weighted by atomic mass is 16.3. The van der Waals surface area contributed by atoms with Crippen LogP contribution in [0.2, 0.25) is 0 Å². The van der Waals surface area contributed by atoms with Gasteiger partial charge in [-0.15, -0.1) is 0 Å². The van der Waals surface area contributed by atoms with E-state index in [1.165, 1.54) is 44.5 Å². The molecule has 1 aliphatic heterocycles. The molecule has 3 heteroatoms. The molecule has 1 aliphatic rings. The van der Waals surface area contributed by atoms with Crippen molar-refractivity contribution in [1.29, 1.82) is 0 Å². The van der Waals surface area contributed by atoms with Gasteiger partial charge in [0, 0.05) is 6.54 Å². The summed E-state index contributed by atoms with van der Waals surface area (Å²) in [4.78, 5) is 2.54. The Morgan fingerprint density at radius 3 is 2.53 bits per heavy atom. The third-order valence-corrected chi connectivity index (χ3v) is 3.29. The van der Waals surface area contributed by atoms with Crippen molar-refractivity contribution in [3.63, 3.8) is 0 Å². The van der Waals surface area contributed by atoms with Crippen LogP contribution in [0.3, 0.4) is 0 Å². The molecule has 1 aromatic carbocycles. The lowest BCUT2D eigenvalue weighted by molar-refractivity contribution is 0.331. The molecule has 0 unspecified atom stereocenters. The molecule has 1 saturated heterocycles. The zero-order valence-electron chi connectivity index (χ0n) is 10.4. The first-order valence-electron chi connectivity index (χ1n) is 6.55. The van der Waals surface area contributed by atoms with Crippen molar-refractivity contribution in [3.05, 3.63) is 29.8 Å². The van der Waals surface area contributed by atoms with E-state index in [9.17, 15) is 0 Å². The van der Waals surface area contributed by atoms with Gasteiger partial charge in [-0.25, -0.2) is 0 Å². The molecule has 0 radical (unpaired) electrons. The van der Waals surface area contributed by atoms with Crippen molar-refractivity contribution >= 4 is 0 Å². The van der Waals surface area contributed by atoms with Crippen molar-refractivity contribution < 1.29 is 5.11 Å². The number of rotatable bonds is 6. The Bertz CT molecular complexity index is 317. The standard InChI is InChI=1S/C14H22N2O/c17-14-6-4-13(5-7-14)12-15-8-3-11-16-9-1-2-10-16/h4-7,15,17H,1-3,8-12H2. The van der Waals surface area contributed by atoms with Crippen LogP contribution in [0.15, 0.2) is 24.3 Å². The second-order valence-corrected chi connectivity index (χ2v) is 4.75. The molecule has 0 saturated carbocycles. The van der Waals surface area contributed by atoms with Crippen LogP contribution in [-0.4, -0.2) is 36.2 Å².